The van der Waals surface area contributed by atoms with Crippen LogP contribution in [0.2, 0.25) is 18.1 Å². The molecule has 0 spiro atoms. The first-order chi connectivity index (χ1) is 17.1. The second-order valence-corrected chi connectivity index (χ2v) is 19.6. The van der Waals surface area contributed by atoms with Crippen LogP contribution in [0.3, 0.4) is 0 Å². The van der Waals surface area contributed by atoms with E-state index in [9.17, 15) is 5.11 Å². The maximum Gasteiger partial charge on any atom is 0.192 e. The minimum atomic E-state index is -1.88. The van der Waals surface area contributed by atoms with Crippen molar-refractivity contribution in [3.05, 3.63) is 47.6 Å². The van der Waals surface area contributed by atoms with Crippen LogP contribution < -0.4 is 0 Å². The maximum atomic E-state index is 10.8. The van der Waals surface area contributed by atoms with E-state index < -0.39 is 14.4 Å². The molecule has 0 saturated heterocycles. The summed E-state index contributed by atoms with van der Waals surface area (Å²) in [5.41, 5.74) is 4.11. The van der Waals surface area contributed by atoms with Crippen molar-refractivity contribution < 1.29 is 9.53 Å². The molecule has 37 heavy (non-hydrogen) atoms. The van der Waals surface area contributed by atoms with E-state index in [0.717, 1.165) is 17.9 Å². The minimum Gasteiger partial charge on any atom is -0.413 e. The second-order valence-electron chi connectivity index (χ2n) is 14.9. The van der Waals surface area contributed by atoms with Crippen LogP contribution in [0.5, 0.6) is 0 Å². The lowest BCUT2D eigenvalue weighted by Gasteiger charge is -2.44. The van der Waals surface area contributed by atoms with E-state index in [0.29, 0.717) is 35.5 Å². The Morgan fingerprint density at radius 1 is 1.08 bits per heavy atom. The highest BCUT2D eigenvalue weighted by Gasteiger charge is 2.50. The molecule has 3 heteroatoms. The third-order valence-corrected chi connectivity index (χ3v) is 15.5. The third kappa shape index (κ3) is 6.82. The normalized spacial score (nSPS) is 35.5. The van der Waals surface area contributed by atoms with Crippen LogP contribution in [0, 0.1) is 35.0 Å². The zero-order valence-corrected chi connectivity index (χ0v) is 26.9. The van der Waals surface area contributed by atoms with Gasteiger partial charge in [-0.1, -0.05) is 91.8 Å². The van der Waals surface area contributed by atoms with Crippen LogP contribution >= 0.6 is 0 Å². The number of rotatable bonds is 7. The molecule has 3 aliphatic rings. The zero-order valence-electron chi connectivity index (χ0n) is 25.9. The number of allylic oxidation sites excluding steroid dienone is 5. The third-order valence-electron chi connectivity index (χ3n) is 11.0. The highest BCUT2D eigenvalue weighted by Crippen LogP contribution is 2.59. The Kier molecular flexibility index (Phi) is 9.67. The van der Waals surface area contributed by atoms with Crippen molar-refractivity contribution in [2.24, 2.45) is 35.0 Å². The van der Waals surface area contributed by atoms with Gasteiger partial charge in [-0.25, -0.2) is 0 Å². The highest BCUT2D eigenvalue weighted by atomic mass is 28.4. The smallest absolute Gasteiger partial charge is 0.192 e. The topological polar surface area (TPSA) is 29.5 Å². The summed E-state index contributed by atoms with van der Waals surface area (Å²) in [6.45, 7) is 27.8. The number of fused-ring (bicyclic) bond motifs is 1. The summed E-state index contributed by atoms with van der Waals surface area (Å²) in [7, 11) is -1.88. The van der Waals surface area contributed by atoms with Crippen molar-refractivity contribution in [2.45, 2.75) is 131 Å². The van der Waals surface area contributed by atoms with Gasteiger partial charge in [-0.05, 0) is 103 Å². The maximum absolute atomic E-state index is 10.8. The van der Waals surface area contributed by atoms with E-state index in [1.165, 1.54) is 37.7 Å². The molecule has 0 amide bonds. The monoisotopic (exact) mass is 526 g/mol. The van der Waals surface area contributed by atoms with Crippen molar-refractivity contribution >= 4 is 8.32 Å². The Hall–Kier alpha value is -0.903. The van der Waals surface area contributed by atoms with Gasteiger partial charge in [-0.15, -0.1) is 0 Å². The molecular weight excluding hydrogens is 468 g/mol. The molecule has 0 heterocycles. The Morgan fingerprint density at radius 2 is 1.76 bits per heavy atom. The van der Waals surface area contributed by atoms with Gasteiger partial charge in [-0.3, -0.25) is 0 Å². The molecule has 0 bridgehead atoms. The molecule has 7 atom stereocenters. The molecule has 0 radical (unpaired) electrons. The van der Waals surface area contributed by atoms with E-state index in [4.69, 9.17) is 4.43 Å². The molecule has 1 N–H and O–H groups in total. The van der Waals surface area contributed by atoms with Crippen LogP contribution in [0.1, 0.15) is 100 Å². The van der Waals surface area contributed by atoms with Crippen LogP contribution in [0.25, 0.3) is 0 Å². The van der Waals surface area contributed by atoms with Crippen molar-refractivity contribution in [1.82, 2.24) is 0 Å². The molecule has 2 nitrogen and oxygen atoms in total. The first kappa shape index (κ1) is 30.6. The van der Waals surface area contributed by atoms with Gasteiger partial charge in [-0.2, -0.15) is 0 Å². The number of aliphatic hydroxyl groups excluding tert-OH is 1. The second kappa shape index (κ2) is 11.7. The summed E-state index contributed by atoms with van der Waals surface area (Å²) in [6, 6.07) is 0. The van der Waals surface area contributed by atoms with Crippen molar-refractivity contribution in [2.75, 3.05) is 0 Å². The van der Waals surface area contributed by atoms with Gasteiger partial charge in [0.1, 0.15) is 0 Å². The van der Waals surface area contributed by atoms with E-state index in [1.807, 2.05) is 0 Å². The lowest BCUT2D eigenvalue weighted by molar-refractivity contribution is 0.0924. The van der Waals surface area contributed by atoms with Crippen molar-refractivity contribution in [3.8, 4) is 0 Å². The Balaban J connectivity index is 1.77. The summed E-state index contributed by atoms with van der Waals surface area (Å²) >= 11 is 0. The molecule has 3 fully saturated rings. The van der Waals surface area contributed by atoms with Gasteiger partial charge in [0.05, 0.1) is 12.2 Å². The lowest BCUT2D eigenvalue weighted by Crippen LogP contribution is -2.46. The summed E-state index contributed by atoms with van der Waals surface area (Å²) in [4.78, 5) is 0. The van der Waals surface area contributed by atoms with Gasteiger partial charge >= 0.3 is 0 Å². The molecule has 0 aliphatic heterocycles. The first-order valence-electron chi connectivity index (χ1n) is 15.2. The average Bonchev–Trinajstić information content (AvgIpc) is 3.15. The summed E-state index contributed by atoms with van der Waals surface area (Å²) in [5, 5.41) is 11.0. The van der Waals surface area contributed by atoms with Crippen molar-refractivity contribution in [3.63, 3.8) is 0 Å². The average molecular weight is 527 g/mol. The fourth-order valence-electron chi connectivity index (χ4n) is 6.98. The van der Waals surface area contributed by atoms with Gasteiger partial charge in [0.15, 0.2) is 8.32 Å². The van der Waals surface area contributed by atoms with Gasteiger partial charge in [0.2, 0.25) is 0 Å². The molecule has 3 saturated carbocycles. The van der Waals surface area contributed by atoms with E-state index >= 15 is 0 Å². The fourth-order valence-corrected chi connectivity index (χ4v) is 8.35. The quantitative estimate of drug-likeness (QED) is 0.264. The molecular formula is C34H58O2Si. The van der Waals surface area contributed by atoms with Gasteiger partial charge in [0, 0.05) is 6.42 Å². The number of hydrogen-bond donors (Lipinski definition) is 1. The van der Waals surface area contributed by atoms with Crippen LogP contribution in [-0.4, -0.2) is 25.6 Å². The Morgan fingerprint density at radius 3 is 2.38 bits per heavy atom. The molecule has 0 aromatic rings. The largest absolute Gasteiger partial charge is 0.413 e. The summed E-state index contributed by atoms with van der Waals surface area (Å²) in [6.07, 6.45) is 17.3. The number of hydrogen-bond acceptors (Lipinski definition) is 2. The Bertz CT molecular complexity index is 901. The highest BCUT2D eigenvalue weighted by molar-refractivity contribution is 6.74. The van der Waals surface area contributed by atoms with Crippen molar-refractivity contribution in [1.29, 1.82) is 0 Å². The van der Waals surface area contributed by atoms with Crippen LogP contribution in [-0.2, 0) is 4.43 Å². The van der Waals surface area contributed by atoms with E-state index in [1.54, 1.807) is 5.57 Å². The van der Waals surface area contributed by atoms with E-state index in [2.05, 4.69) is 99.4 Å². The van der Waals surface area contributed by atoms with E-state index in [-0.39, 0.29) is 11.1 Å². The lowest BCUT2D eigenvalue weighted by atomic mass is 9.61. The number of aliphatic hydroxyl groups is 1. The summed E-state index contributed by atoms with van der Waals surface area (Å²) in [5.74, 6) is 3.42. The molecule has 0 aromatic carbocycles. The van der Waals surface area contributed by atoms with Crippen LogP contribution in [0.15, 0.2) is 47.6 Å². The molecule has 0 aromatic heterocycles. The predicted octanol–water partition coefficient (Wildman–Crippen LogP) is 9.64. The molecule has 3 rings (SSSR count). The SMILES string of the molecule is C=C1/C(=C/C=C2CCC[C@]3(C)[C@@H]([C@H](C)/C=C/[C@H](C)C(C)C)CC[C@@H]23)C[C@@H](O[Si](C)(C)C(C)(C)C)C[C@@H]1O. The first-order valence-corrected chi connectivity index (χ1v) is 18.1. The molecule has 3 aliphatic carbocycles. The zero-order chi connectivity index (χ0) is 27.8. The minimum absolute atomic E-state index is 0.0828. The molecule has 210 valence electrons. The predicted molar refractivity (Wildman–Crippen MR) is 163 cm³/mol. The fraction of sp³-hybridized carbons (Fsp3) is 0.765. The van der Waals surface area contributed by atoms with Gasteiger partial charge < -0.3 is 9.53 Å². The molecule has 0 unspecified atom stereocenters. The summed E-state index contributed by atoms with van der Waals surface area (Å²) < 4.78 is 6.73. The van der Waals surface area contributed by atoms with Gasteiger partial charge in [0.25, 0.3) is 0 Å². The standard InChI is InChI=1S/C34H58O2Si/c1-23(2)24(3)14-15-25(4)30-18-19-31-27(13-12-20-34(30,31)9)16-17-28-21-29(22-32(35)26(28)5)36-37(10,11)33(6,7)8/h14-17,23-25,29-32,35H,5,12-13,18-22H2,1-4,6-11H3/b15-14+,27-16?,28-17+/t24-,25+,29+,30+,31-,32-,34+/m0/s1. The van der Waals surface area contributed by atoms with Crippen LogP contribution in [0.4, 0.5) is 0 Å². The Labute approximate surface area is 230 Å².